The summed E-state index contributed by atoms with van der Waals surface area (Å²) in [6, 6.07) is 15.2. The van der Waals surface area contributed by atoms with Gasteiger partial charge in [-0.3, -0.25) is 14.2 Å². The van der Waals surface area contributed by atoms with E-state index in [9.17, 15) is 9.59 Å². The largest absolute Gasteiger partial charge is 0.496 e. The van der Waals surface area contributed by atoms with Crippen LogP contribution in [0, 0.1) is 4.77 Å². The van der Waals surface area contributed by atoms with Gasteiger partial charge in [0.05, 0.1) is 18.0 Å². The van der Waals surface area contributed by atoms with Crippen LogP contribution in [0.5, 0.6) is 5.75 Å². The van der Waals surface area contributed by atoms with Crippen LogP contribution in [-0.2, 0) is 17.8 Å². The smallest absolute Gasteiger partial charge is 0.262 e. The van der Waals surface area contributed by atoms with Crippen molar-refractivity contribution in [1.29, 1.82) is 0 Å². The molecule has 0 saturated heterocycles. The number of fused-ring (bicyclic) bond motifs is 1. The highest BCUT2D eigenvalue weighted by molar-refractivity contribution is 7.71. The Bertz CT molecular complexity index is 1120. The third kappa shape index (κ3) is 5.57. The summed E-state index contributed by atoms with van der Waals surface area (Å²) >= 11 is 5.33. The van der Waals surface area contributed by atoms with Gasteiger partial charge >= 0.3 is 0 Å². The highest BCUT2D eigenvalue weighted by atomic mass is 32.1. The Labute approximate surface area is 180 Å². The Balaban J connectivity index is 1.39. The second-order valence-electron chi connectivity index (χ2n) is 7.15. The molecule has 7 heteroatoms. The number of methoxy groups -OCH3 is 1. The van der Waals surface area contributed by atoms with Crippen LogP contribution >= 0.6 is 12.2 Å². The number of amides is 1. The number of aromatic nitrogens is 2. The fraction of sp³-hybridized carbons (Fsp3) is 0.348. The van der Waals surface area contributed by atoms with Crippen LogP contribution in [0.25, 0.3) is 10.9 Å². The van der Waals surface area contributed by atoms with Gasteiger partial charge in [-0.15, -0.1) is 0 Å². The Hall–Kier alpha value is -2.93. The lowest BCUT2D eigenvalue weighted by Crippen LogP contribution is -2.25. The molecule has 2 N–H and O–H groups in total. The minimum Gasteiger partial charge on any atom is -0.496 e. The zero-order valence-corrected chi connectivity index (χ0v) is 18.0. The number of hydrogen-bond acceptors (Lipinski definition) is 4. The highest BCUT2D eigenvalue weighted by Crippen LogP contribution is 2.17. The molecule has 0 radical (unpaired) electrons. The van der Waals surface area contributed by atoms with Crippen LogP contribution in [0.3, 0.4) is 0 Å². The Kier molecular flexibility index (Phi) is 7.79. The topological polar surface area (TPSA) is 76.1 Å². The third-order valence-electron chi connectivity index (χ3n) is 5.08. The number of nitrogens with zero attached hydrogens (tertiary/aromatic N) is 1. The molecular weight excluding hydrogens is 398 g/mol. The van der Waals surface area contributed by atoms with Crippen LogP contribution in [0.2, 0.25) is 0 Å². The summed E-state index contributed by atoms with van der Waals surface area (Å²) in [4.78, 5) is 27.8. The highest BCUT2D eigenvalue weighted by Gasteiger charge is 2.06. The molecule has 2 aromatic carbocycles. The van der Waals surface area contributed by atoms with Crippen molar-refractivity contribution in [1.82, 2.24) is 14.9 Å². The van der Waals surface area contributed by atoms with E-state index in [1.165, 1.54) is 0 Å². The maximum Gasteiger partial charge on any atom is 0.262 e. The Morgan fingerprint density at radius 2 is 1.87 bits per heavy atom. The lowest BCUT2D eigenvalue weighted by Gasteiger charge is -2.09. The average Bonchev–Trinajstić information content (AvgIpc) is 2.76. The number of rotatable bonds is 10. The normalized spacial score (nSPS) is 10.8. The number of H-pyrrole nitrogens is 1. The quantitative estimate of drug-likeness (QED) is 0.380. The number of ether oxygens (including phenoxy) is 1. The lowest BCUT2D eigenvalue weighted by atomic mass is 10.1. The first-order valence-electron chi connectivity index (χ1n) is 10.2. The van der Waals surface area contributed by atoms with Crippen molar-refractivity contribution in [2.45, 2.75) is 38.6 Å². The zero-order valence-electron chi connectivity index (χ0n) is 17.1. The second-order valence-corrected chi connectivity index (χ2v) is 7.54. The summed E-state index contributed by atoms with van der Waals surface area (Å²) in [5, 5.41) is 3.60. The molecule has 1 aromatic heterocycles. The first kappa shape index (κ1) is 21.8. The standard InChI is InChI=1S/C23H27N3O3S/c1-29-20-12-7-4-9-17(20)14-15-24-21(27)13-3-2-8-16-26-22(28)18-10-5-6-11-19(18)25-23(26)30/h4-7,9-12H,2-3,8,13-16H2,1H3,(H,24,27)(H,25,30). The molecule has 0 aliphatic rings. The first-order valence-corrected chi connectivity index (χ1v) is 10.6. The predicted octanol–water partition coefficient (Wildman–Crippen LogP) is 3.99. The molecule has 1 heterocycles. The molecule has 3 aromatic rings. The van der Waals surface area contributed by atoms with E-state index >= 15 is 0 Å². The molecule has 6 nitrogen and oxygen atoms in total. The van der Waals surface area contributed by atoms with E-state index in [1.54, 1.807) is 17.7 Å². The van der Waals surface area contributed by atoms with Gasteiger partial charge in [-0.1, -0.05) is 36.8 Å². The fourth-order valence-corrected chi connectivity index (χ4v) is 3.75. The molecule has 0 spiro atoms. The van der Waals surface area contributed by atoms with E-state index in [0.717, 1.165) is 42.5 Å². The average molecular weight is 426 g/mol. The van der Waals surface area contributed by atoms with Gasteiger partial charge in [0, 0.05) is 19.5 Å². The minimum absolute atomic E-state index is 0.0464. The summed E-state index contributed by atoms with van der Waals surface area (Å²) in [5.41, 5.74) is 1.77. The zero-order chi connectivity index (χ0) is 21.3. The van der Waals surface area contributed by atoms with Gasteiger partial charge in [-0.05, 0) is 55.2 Å². The number of para-hydroxylation sites is 2. The number of carbonyl (C=O) groups is 1. The molecule has 3 rings (SSSR count). The van der Waals surface area contributed by atoms with Crippen molar-refractivity contribution in [3.8, 4) is 5.75 Å². The van der Waals surface area contributed by atoms with Crippen molar-refractivity contribution in [2.24, 2.45) is 0 Å². The molecule has 0 aliphatic heterocycles. The van der Waals surface area contributed by atoms with Gasteiger partial charge < -0.3 is 15.0 Å². The van der Waals surface area contributed by atoms with E-state index in [-0.39, 0.29) is 11.5 Å². The third-order valence-corrected chi connectivity index (χ3v) is 5.41. The Morgan fingerprint density at radius 1 is 1.10 bits per heavy atom. The summed E-state index contributed by atoms with van der Waals surface area (Å²) in [5.74, 6) is 0.888. The molecule has 0 aliphatic carbocycles. The fourth-order valence-electron chi connectivity index (χ4n) is 3.47. The van der Waals surface area contributed by atoms with Crippen LogP contribution in [0.4, 0.5) is 0 Å². The second kappa shape index (κ2) is 10.7. The molecule has 0 fully saturated rings. The van der Waals surface area contributed by atoms with E-state index in [1.807, 2.05) is 42.5 Å². The molecule has 0 atom stereocenters. The summed E-state index contributed by atoms with van der Waals surface area (Å²) in [6.07, 6.45) is 3.64. The number of aromatic amines is 1. The maximum atomic E-state index is 12.6. The van der Waals surface area contributed by atoms with Gasteiger partial charge in [0.2, 0.25) is 5.91 Å². The van der Waals surface area contributed by atoms with Crippen molar-refractivity contribution >= 4 is 29.0 Å². The molecular formula is C23H27N3O3S. The van der Waals surface area contributed by atoms with Crippen LogP contribution in [0.15, 0.2) is 53.3 Å². The molecule has 0 saturated carbocycles. The van der Waals surface area contributed by atoms with Gasteiger partial charge in [0.15, 0.2) is 4.77 Å². The van der Waals surface area contributed by atoms with Crippen molar-refractivity contribution < 1.29 is 9.53 Å². The van der Waals surface area contributed by atoms with E-state index in [2.05, 4.69) is 10.3 Å². The lowest BCUT2D eigenvalue weighted by molar-refractivity contribution is -0.121. The monoisotopic (exact) mass is 425 g/mol. The predicted molar refractivity (Wildman–Crippen MR) is 122 cm³/mol. The first-order chi connectivity index (χ1) is 14.6. The number of carbonyl (C=O) groups excluding carboxylic acids is 1. The Morgan fingerprint density at radius 3 is 2.70 bits per heavy atom. The maximum absolute atomic E-state index is 12.6. The number of benzene rings is 2. The molecule has 30 heavy (non-hydrogen) atoms. The molecule has 0 unspecified atom stereocenters. The van der Waals surface area contributed by atoms with Crippen LogP contribution in [0.1, 0.15) is 31.2 Å². The van der Waals surface area contributed by atoms with E-state index in [4.69, 9.17) is 17.0 Å². The van der Waals surface area contributed by atoms with Gasteiger partial charge in [-0.2, -0.15) is 0 Å². The molecule has 158 valence electrons. The van der Waals surface area contributed by atoms with Crippen molar-refractivity contribution in [2.75, 3.05) is 13.7 Å². The summed E-state index contributed by atoms with van der Waals surface area (Å²) in [7, 11) is 1.65. The van der Waals surface area contributed by atoms with Crippen molar-refractivity contribution in [3.05, 3.63) is 69.2 Å². The summed E-state index contributed by atoms with van der Waals surface area (Å²) < 4.78 is 7.36. The van der Waals surface area contributed by atoms with Gasteiger partial charge in [-0.25, -0.2) is 0 Å². The van der Waals surface area contributed by atoms with E-state index < -0.39 is 0 Å². The number of nitrogens with one attached hydrogen (secondary N) is 2. The number of unbranched alkanes of at least 4 members (excludes halogenated alkanes) is 2. The van der Waals surface area contributed by atoms with Gasteiger partial charge in [0.25, 0.3) is 5.56 Å². The van der Waals surface area contributed by atoms with Gasteiger partial charge in [0.1, 0.15) is 5.75 Å². The SMILES string of the molecule is COc1ccccc1CCNC(=O)CCCCCn1c(=S)[nH]c2ccccc2c1=O. The summed E-state index contributed by atoms with van der Waals surface area (Å²) in [6.45, 7) is 1.13. The van der Waals surface area contributed by atoms with Crippen LogP contribution in [-0.4, -0.2) is 29.1 Å². The molecule has 0 bridgehead atoms. The van der Waals surface area contributed by atoms with E-state index in [0.29, 0.717) is 29.7 Å². The molecule has 1 amide bonds. The van der Waals surface area contributed by atoms with Crippen LogP contribution < -0.4 is 15.6 Å². The van der Waals surface area contributed by atoms with Crippen molar-refractivity contribution in [3.63, 3.8) is 0 Å². The number of hydrogen-bond donors (Lipinski definition) is 2. The minimum atomic E-state index is -0.0663.